The fraction of sp³-hybridized carbons (Fsp3) is 0.448. The van der Waals surface area contributed by atoms with Crippen molar-refractivity contribution in [1.29, 1.82) is 0 Å². The summed E-state index contributed by atoms with van der Waals surface area (Å²) in [6.45, 7) is 2.02. The highest BCUT2D eigenvalue weighted by Crippen LogP contribution is 2.35. The van der Waals surface area contributed by atoms with Gasteiger partial charge in [-0.1, -0.05) is 0 Å². The van der Waals surface area contributed by atoms with E-state index < -0.39 is 79.4 Å². The van der Waals surface area contributed by atoms with Gasteiger partial charge in [0.15, 0.2) is 11.7 Å². The van der Waals surface area contributed by atoms with E-state index in [-0.39, 0.29) is 34.0 Å². The van der Waals surface area contributed by atoms with Crippen molar-refractivity contribution in [3.8, 4) is 28.6 Å². The van der Waals surface area contributed by atoms with Gasteiger partial charge >= 0.3 is 5.97 Å². The van der Waals surface area contributed by atoms with Crippen LogP contribution in [0.25, 0.3) is 22.3 Å². The number of hydrogen-bond acceptors (Lipinski definition) is 15. The molecule has 2 fully saturated rings. The van der Waals surface area contributed by atoms with Crippen LogP contribution in [-0.2, 0) is 23.7 Å². The third kappa shape index (κ3) is 6.36. The Kier molecular flexibility index (Phi) is 9.10. The van der Waals surface area contributed by atoms with E-state index in [2.05, 4.69) is 0 Å². The molecule has 0 amide bonds. The van der Waals surface area contributed by atoms with Gasteiger partial charge in [0.05, 0.1) is 6.10 Å². The number of esters is 1. The molecule has 5 rings (SSSR count). The Hall–Kier alpha value is -3.80. The lowest BCUT2D eigenvalue weighted by atomic mass is 9.97. The van der Waals surface area contributed by atoms with E-state index in [1.807, 2.05) is 0 Å². The molecule has 7 N–H and O–H groups in total. The number of ether oxygens (including phenoxy) is 5. The van der Waals surface area contributed by atoms with Crippen molar-refractivity contribution in [1.82, 2.24) is 0 Å². The van der Waals surface area contributed by atoms with Crippen molar-refractivity contribution in [2.45, 2.75) is 75.3 Å². The van der Waals surface area contributed by atoms with Gasteiger partial charge in [0.1, 0.15) is 83.3 Å². The highest BCUT2D eigenvalue weighted by atomic mass is 16.7. The molecule has 0 radical (unpaired) electrons. The molecule has 2 aliphatic rings. The number of aliphatic hydroxyl groups excluding tert-OH is 5. The van der Waals surface area contributed by atoms with Crippen molar-refractivity contribution >= 4 is 16.9 Å². The monoisotopic (exact) mass is 620 g/mol. The Labute approximate surface area is 249 Å². The summed E-state index contributed by atoms with van der Waals surface area (Å²) in [6, 6.07) is 9.27. The maximum absolute atomic E-state index is 13.2. The van der Waals surface area contributed by atoms with Gasteiger partial charge in [-0.15, -0.1) is 0 Å². The molecule has 238 valence electrons. The first kappa shape index (κ1) is 31.6. The third-order valence-electron chi connectivity index (χ3n) is 7.37. The zero-order valence-electron chi connectivity index (χ0n) is 23.4. The second kappa shape index (κ2) is 12.7. The summed E-state index contributed by atoms with van der Waals surface area (Å²) in [7, 11) is 0. The molecule has 1 aromatic heterocycles. The molecule has 0 bridgehead atoms. The highest BCUT2D eigenvalue weighted by molar-refractivity contribution is 5.86. The van der Waals surface area contributed by atoms with Crippen molar-refractivity contribution in [3.63, 3.8) is 0 Å². The first-order valence-electron chi connectivity index (χ1n) is 13.6. The zero-order chi connectivity index (χ0) is 31.9. The van der Waals surface area contributed by atoms with E-state index in [1.54, 1.807) is 0 Å². The average Bonchev–Trinajstić information content (AvgIpc) is 2.97. The minimum atomic E-state index is -1.87. The molecular formula is C29H32O15. The van der Waals surface area contributed by atoms with Crippen molar-refractivity contribution < 1.29 is 68.6 Å². The molecule has 2 aromatic carbocycles. The van der Waals surface area contributed by atoms with Gasteiger partial charge in [-0.2, -0.15) is 0 Å². The second-order valence-corrected chi connectivity index (χ2v) is 10.6. The summed E-state index contributed by atoms with van der Waals surface area (Å²) in [5.41, 5.74) is -0.215. The van der Waals surface area contributed by atoms with E-state index in [0.29, 0.717) is 5.56 Å². The Bertz CT molecular complexity index is 1540. The lowest BCUT2D eigenvalue weighted by molar-refractivity contribution is -0.349. The molecule has 10 atom stereocenters. The fourth-order valence-corrected chi connectivity index (χ4v) is 5.01. The number of aliphatic hydroxyl groups is 5. The van der Waals surface area contributed by atoms with Gasteiger partial charge in [-0.05, 0) is 31.2 Å². The Morgan fingerprint density at radius 1 is 0.841 bits per heavy atom. The van der Waals surface area contributed by atoms with Crippen LogP contribution in [0.1, 0.15) is 13.8 Å². The smallest absolute Gasteiger partial charge is 0.302 e. The molecule has 10 unspecified atom stereocenters. The minimum absolute atomic E-state index is 0.00600. The number of carbonyl (C=O) groups excluding carboxylic acids is 1. The van der Waals surface area contributed by atoms with Crippen molar-refractivity contribution in [2.75, 3.05) is 6.61 Å². The van der Waals surface area contributed by atoms with E-state index in [0.717, 1.165) is 13.0 Å². The maximum Gasteiger partial charge on any atom is 0.302 e. The molecule has 44 heavy (non-hydrogen) atoms. The number of fused-ring (bicyclic) bond motifs is 1. The van der Waals surface area contributed by atoms with E-state index in [4.69, 9.17) is 28.1 Å². The fourth-order valence-electron chi connectivity index (χ4n) is 5.01. The summed E-state index contributed by atoms with van der Waals surface area (Å²) in [6.07, 6.45) is -15.7. The summed E-state index contributed by atoms with van der Waals surface area (Å²) in [5, 5.41) is 72.3. The van der Waals surface area contributed by atoms with E-state index in [9.17, 15) is 45.3 Å². The molecule has 2 saturated heterocycles. The van der Waals surface area contributed by atoms with E-state index >= 15 is 0 Å². The molecule has 15 heteroatoms. The standard InChI is InChI=1S/C29H32O15/c1-11-22(34)23(35)25(37)28(40-11)44-27-20(10-39-12(2)30)43-29(26(38)24(27)36)42-19-8-15(32)7-18-21(19)16(33)9-17(41-18)13-3-5-14(31)6-4-13/h3-9,11,20,22-29,31-32,34-38H,10H2,1-2H3. The summed E-state index contributed by atoms with van der Waals surface area (Å²) in [4.78, 5) is 24.8. The molecule has 2 aliphatic heterocycles. The first-order valence-corrected chi connectivity index (χ1v) is 13.6. The van der Waals surface area contributed by atoms with Crippen LogP contribution in [0.15, 0.2) is 51.7 Å². The molecule has 15 nitrogen and oxygen atoms in total. The number of benzene rings is 2. The van der Waals surface area contributed by atoms with Gasteiger partial charge in [0.2, 0.25) is 6.29 Å². The van der Waals surface area contributed by atoms with Crippen LogP contribution in [0.2, 0.25) is 0 Å². The average molecular weight is 621 g/mol. The number of hydrogen-bond donors (Lipinski definition) is 7. The van der Waals surface area contributed by atoms with Crippen LogP contribution in [0.5, 0.6) is 17.2 Å². The quantitative estimate of drug-likeness (QED) is 0.165. The third-order valence-corrected chi connectivity index (χ3v) is 7.37. The summed E-state index contributed by atoms with van der Waals surface area (Å²) in [5.74, 6) is -1.23. The van der Waals surface area contributed by atoms with Gasteiger partial charge < -0.3 is 63.8 Å². The van der Waals surface area contributed by atoms with Gasteiger partial charge in [0.25, 0.3) is 0 Å². The Morgan fingerprint density at radius 2 is 1.52 bits per heavy atom. The Balaban J connectivity index is 1.43. The lowest BCUT2D eigenvalue weighted by Gasteiger charge is -2.45. The largest absolute Gasteiger partial charge is 0.508 e. The van der Waals surface area contributed by atoms with E-state index in [1.165, 1.54) is 43.3 Å². The molecule has 3 heterocycles. The lowest BCUT2D eigenvalue weighted by Crippen LogP contribution is -2.64. The predicted octanol–water partition coefficient (Wildman–Crippen LogP) is -0.528. The number of rotatable bonds is 7. The van der Waals surface area contributed by atoms with Crippen molar-refractivity contribution in [3.05, 3.63) is 52.7 Å². The highest BCUT2D eigenvalue weighted by Gasteiger charge is 2.51. The normalized spacial score (nSPS) is 32.3. The second-order valence-electron chi connectivity index (χ2n) is 10.6. The maximum atomic E-state index is 13.2. The van der Waals surface area contributed by atoms with Crippen LogP contribution in [0.3, 0.4) is 0 Å². The first-order chi connectivity index (χ1) is 20.8. The minimum Gasteiger partial charge on any atom is -0.508 e. The number of phenolic OH excluding ortho intramolecular Hbond substituents is 2. The summed E-state index contributed by atoms with van der Waals surface area (Å²) < 4.78 is 33.6. The van der Waals surface area contributed by atoms with Crippen molar-refractivity contribution in [2.24, 2.45) is 0 Å². The molecule has 0 spiro atoms. The zero-order valence-corrected chi connectivity index (χ0v) is 23.4. The van der Waals surface area contributed by atoms with Crippen LogP contribution >= 0.6 is 0 Å². The van der Waals surface area contributed by atoms with Gasteiger partial charge in [0, 0.05) is 30.7 Å². The van der Waals surface area contributed by atoms with Crippen LogP contribution in [0.4, 0.5) is 0 Å². The summed E-state index contributed by atoms with van der Waals surface area (Å²) >= 11 is 0. The molecule has 0 saturated carbocycles. The molecule has 0 aliphatic carbocycles. The number of phenols is 2. The topological polar surface area (TPSA) is 235 Å². The van der Waals surface area contributed by atoms with Gasteiger partial charge in [-0.3, -0.25) is 9.59 Å². The van der Waals surface area contributed by atoms with Crippen LogP contribution in [-0.4, -0.2) is 110 Å². The number of carbonyl (C=O) groups is 1. The molecular weight excluding hydrogens is 588 g/mol. The Morgan fingerprint density at radius 3 is 2.20 bits per heavy atom. The molecule has 3 aromatic rings. The van der Waals surface area contributed by atoms with Crippen LogP contribution in [0, 0.1) is 0 Å². The van der Waals surface area contributed by atoms with Gasteiger partial charge in [-0.25, -0.2) is 0 Å². The van der Waals surface area contributed by atoms with Crippen LogP contribution < -0.4 is 10.2 Å². The predicted molar refractivity (Wildman–Crippen MR) is 146 cm³/mol. The SMILES string of the molecule is CC(=O)OCC1OC(Oc2cc(O)cc3oc(-c4ccc(O)cc4)cc(=O)c23)C(O)C(O)C1OC1OC(C)C(O)C(O)C1O. The number of aromatic hydroxyl groups is 2.